The van der Waals surface area contributed by atoms with Crippen LogP contribution in [-0.2, 0) is 16.1 Å². The van der Waals surface area contributed by atoms with Gasteiger partial charge in [-0.3, -0.25) is 14.5 Å². The molecule has 3 rings (SSSR count). The maximum atomic E-state index is 12.1. The van der Waals surface area contributed by atoms with Gasteiger partial charge in [0.25, 0.3) is 6.43 Å². The molecule has 2 fully saturated rings. The van der Waals surface area contributed by atoms with E-state index in [9.17, 15) is 18.4 Å². The summed E-state index contributed by atoms with van der Waals surface area (Å²) in [5, 5.41) is 5.03. The Morgan fingerprint density at radius 3 is 2.80 bits per heavy atom. The number of aromatic nitrogens is 1. The summed E-state index contributed by atoms with van der Waals surface area (Å²) < 4.78 is 24.2. The lowest BCUT2D eigenvalue weighted by atomic mass is 9.92. The van der Waals surface area contributed by atoms with Gasteiger partial charge in [0, 0.05) is 30.7 Å². The Hall–Kier alpha value is -1.61. The van der Waals surface area contributed by atoms with Gasteiger partial charge in [-0.05, 0) is 31.7 Å². The van der Waals surface area contributed by atoms with Crippen molar-refractivity contribution in [1.82, 2.24) is 20.1 Å². The van der Waals surface area contributed by atoms with Gasteiger partial charge in [0.2, 0.25) is 0 Å². The zero-order valence-corrected chi connectivity index (χ0v) is 14.9. The molecule has 1 atom stereocenters. The third-order valence-electron chi connectivity index (χ3n) is 5.20. The number of likely N-dealkylation sites (tertiary alicyclic amines) is 1. The minimum Gasteiger partial charge on any atom is -0.342 e. The van der Waals surface area contributed by atoms with Crippen LogP contribution in [0.4, 0.5) is 8.78 Å². The molecule has 0 aromatic carbocycles. The van der Waals surface area contributed by atoms with Crippen molar-refractivity contribution in [3.8, 4) is 0 Å². The van der Waals surface area contributed by atoms with Crippen LogP contribution in [0.15, 0.2) is 11.6 Å². The summed E-state index contributed by atoms with van der Waals surface area (Å²) in [6.45, 7) is 1.04. The molecule has 1 unspecified atom stereocenters. The van der Waals surface area contributed by atoms with Crippen molar-refractivity contribution in [1.29, 1.82) is 0 Å². The molecule has 0 radical (unpaired) electrons. The lowest BCUT2D eigenvalue weighted by Crippen LogP contribution is -2.48. The third kappa shape index (κ3) is 4.14. The van der Waals surface area contributed by atoms with Gasteiger partial charge < -0.3 is 10.2 Å². The van der Waals surface area contributed by atoms with E-state index in [0.29, 0.717) is 19.1 Å². The largest absolute Gasteiger partial charge is 0.342 e. The summed E-state index contributed by atoms with van der Waals surface area (Å²) in [6, 6.07) is 0.473. The molecule has 1 saturated carbocycles. The highest BCUT2D eigenvalue weighted by atomic mass is 32.1. The average Bonchev–Trinajstić information content (AvgIpc) is 3.03. The second-order valence-corrected chi connectivity index (χ2v) is 7.80. The van der Waals surface area contributed by atoms with E-state index in [1.165, 1.54) is 4.90 Å². The molecule has 1 spiro atoms. The molecule has 9 heteroatoms. The highest BCUT2D eigenvalue weighted by Crippen LogP contribution is 2.56. The molecule has 1 saturated heterocycles. The fraction of sp³-hybridized carbons (Fsp3) is 0.688. The number of halogens is 2. The number of amides is 2. The van der Waals surface area contributed by atoms with Gasteiger partial charge in [-0.2, -0.15) is 0 Å². The first-order valence-electron chi connectivity index (χ1n) is 8.35. The lowest BCUT2D eigenvalue weighted by molar-refractivity contribution is -0.147. The Bertz CT molecular complexity index is 618. The van der Waals surface area contributed by atoms with E-state index in [1.807, 2.05) is 10.7 Å². The fourth-order valence-corrected chi connectivity index (χ4v) is 4.36. The predicted molar refractivity (Wildman–Crippen MR) is 89.2 cm³/mol. The van der Waals surface area contributed by atoms with E-state index >= 15 is 0 Å². The van der Waals surface area contributed by atoms with Crippen molar-refractivity contribution in [2.24, 2.45) is 5.41 Å². The van der Waals surface area contributed by atoms with Gasteiger partial charge in [-0.15, -0.1) is 11.3 Å². The summed E-state index contributed by atoms with van der Waals surface area (Å²) in [6.07, 6.45) is 1.93. The minimum atomic E-state index is -2.65. The smallest absolute Gasteiger partial charge is 0.311 e. The van der Waals surface area contributed by atoms with E-state index < -0.39 is 24.8 Å². The molecule has 6 nitrogen and oxygen atoms in total. The highest BCUT2D eigenvalue weighted by Gasteiger charge is 2.57. The van der Waals surface area contributed by atoms with Crippen molar-refractivity contribution in [2.75, 3.05) is 26.7 Å². The Morgan fingerprint density at radius 1 is 1.48 bits per heavy atom. The van der Waals surface area contributed by atoms with Gasteiger partial charge in [0.05, 0.1) is 13.1 Å². The molecular weight excluding hydrogens is 350 g/mol. The van der Waals surface area contributed by atoms with Crippen molar-refractivity contribution in [3.63, 3.8) is 0 Å². The molecule has 1 aliphatic heterocycles. The maximum absolute atomic E-state index is 12.1. The van der Waals surface area contributed by atoms with Gasteiger partial charge in [0.15, 0.2) is 0 Å². The van der Waals surface area contributed by atoms with Gasteiger partial charge in [-0.25, -0.2) is 13.8 Å². The number of nitrogens with zero attached hydrogens (tertiary/aromatic N) is 3. The number of hydrogen-bond acceptors (Lipinski definition) is 5. The van der Waals surface area contributed by atoms with Crippen LogP contribution in [0, 0.1) is 5.41 Å². The molecule has 25 heavy (non-hydrogen) atoms. The summed E-state index contributed by atoms with van der Waals surface area (Å²) in [5.74, 6) is -1.65. The molecule has 1 N–H and O–H groups in total. The maximum Gasteiger partial charge on any atom is 0.311 e. The summed E-state index contributed by atoms with van der Waals surface area (Å²) >= 11 is 1.64. The monoisotopic (exact) mass is 372 g/mol. The summed E-state index contributed by atoms with van der Waals surface area (Å²) in [4.78, 5) is 31.7. The third-order valence-corrected chi connectivity index (χ3v) is 5.97. The average molecular weight is 372 g/mol. The molecule has 2 aliphatic rings. The van der Waals surface area contributed by atoms with Crippen LogP contribution in [0.25, 0.3) is 0 Å². The second kappa shape index (κ2) is 7.33. The van der Waals surface area contributed by atoms with Gasteiger partial charge in [0.1, 0.15) is 5.01 Å². The standard InChI is InChI=1S/C16H22F2N4O2S/c1-21(10-13-19-4-7-25-13)11-8-16(11)2-5-22(6-3-16)15(24)14(23)20-9-12(17)18/h4,7,11-12H,2-3,5-6,8-10H2,1H3,(H,20,23). The minimum absolute atomic E-state index is 0.211. The van der Waals surface area contributed by atoms with Crippen LogP contribution in [0.3, 0.4) is 0 Å². The number of alkyl halides is 2. The lowest BCUT2D eigenvalue weighted by Gasteiger charge is -2.33. The quantitative estimate of drug-likeness (QED) is 0.792. The number of carbonyl (C=O) groups is 2. The van der Waals surface area contributed by atoms with E-state index in [0.717, 1.165) is 30.8 Å². The number of piperidine rings is 1. The molecule has 1 aromatic heterocycles. The molecule has 1 aliphatic carbocycles. The Kier molecular flexibility index (Phi) is 5.33. The van der Waals surface area contributed by atoms with Crippen molar-refractivity contribution in [3.05, 3.63) is 16.6 Å². The predicted octanol–water partition coefficient (Wildman–Crippen LogP) is 1.34. The molecule has 2 amide bonds. The van der Waals surface area contributed by atoms with Crippen LogP contribution >= 0.6 is 11.3 Å². The number of hydrogen-bond donors (Lipinski definition) is 1. The number of nitrogens with one attached hydrogen (secondary N) is 1. The Labute approximate surface area is 149 Å². The van der Waals surface area contributed by atoms with Crippen LogP contribution in [0.1, 0.15) is 24.3 Å². The van der Waals surface area contributed by atoms with Crippen LogP contribution < -0.4 is 5.32 Å². The summed E-state index contributed by atoms with van der Waals surface area (Å²) in [7, 11) is 2.09. The van der Waals surface area contributed by atoms with Crippen molar-refractivity contribution >= 4 is 23.2 Å². The number of rotatable bonds is 5. The first-order chi connectivity index (χ1) is 11.9. The van der Waals surface area contributed by atoms with E-state index in [1.54, 1.807) is 17.5 Å². The molecule has 2 heterocycles. The summed E-state index contributed by atoms with van der Waals surface area (Å²) in [5.41, 5.74) is 0.211. The van der Waals surface area contributed by atoms with E-state index in [2.05, 4.69) is 16.9 Å². The Morgan fingerprint density at radius 2 is 2.20 bits per heavy atom. The van der Waals surface area contributed by atoms with Crippen LogP contribution in [-0.4, -0.2) is 65.7 Å². The zero-order valence-electron chi connectivity index (χ0n) is 14.1. The molecule has 0 bridgehead atoms. The van der Waals surface area contributed by atoms with E-state index in [-0.39, 0.29) is 5.41 Å². The van der Waals surface area contributed by atoms with Gasteiger partial charge >= 0.3 is 11.8 Å². The fourth-order valence-electron chi connectivity index (χ4n) is 3.69. The SMILES string of the molecule is CN(Cc1nccs1)C1CC12CCN(C(=O)C(=O)NCC(F)F)CC2. The number of thiazole rings is 1. The zero-order chi connectivity index (χ0) is 18.0. The topological polar surface area (TPSA) is 65.5 Å². The molecule has 138 valence electrons. The highest BCUT2D eigenvalue weighted by molar-refractivity contribution is 7.09. The van der Waals surface area contributed by atoms with Crippen molar-refractivity contribution in [2.45, 2.75) is 38.3 Å². The van der Waals surface area contributed by atoms with Crippen molar-refractivity contribution < 1.29 is 18.4 Å². The normalized spacial score (nSPS) is 21.8. The van der Waals surface area contributed by atoms with E-state index in [4.69, 9.17) is 0 Å². The second-order valence-electron chi connectivity index (χ2n) is 6.82. The number of carbonyl (C=O) groups excluding carboxylic acids is 2. The first-order valence-corrected chi connectivity index (χ1v) is 9.23. The van der Waals surface area contributed by atoms with Crippen LogP contribution in [0.5, 0.6) is 0 Å². The molecular formula is C16H22F2N4O2S. The first kappa shape index (κ1) is 18.2. The molecule has 1 aromatic rings. The Balaban J connectivity index is 1.46. The van der Waals surface area contributed by atoms with Crippen LogP contribution in [0.2, 0.25) is 0 Å². The van der Waals surface area contributed by atoms with Gasteiger partial charge in [-0.1, -0.05) is 0 Å².